The molecule has 1 aromatic carbocycles. The third kappa shape index (κ3) is 4.03. The number of hydrogen-bond donors (Lipinski definition) is 0. The van der Waals surface area contributed by atoms with Gasteiger partial charge < -0.3 is 0 Å². The first-order valence-corrected chi connectivity index (χ1v) is 6.76. The summed E-state index contributed by atoms with van der Waals surface area (Å²) in [7, 11) is 0. The molecule has 0 fully saturated rings. The quantitative estimate of drug-likeness (QED) is 0.579. The van der Waals surface area contributed by atoms with Crippen LogP contribution in [0.15, 0.2) is 63.1 Å². The van der Waals surface area contributed by atoms with Crippen LogP contribution in [0, 0.1) is 0 Å². The molecule has 0 amide bonds. The predicted molar refractivity (Wildman–Crippen MR) is 82.0 cm³/mol. The lowest BCUT2D eigenvalue weighted by Crippen LogP contribution is -1.79. The molecule has 0 spiro atoms. The van der Waals surface area contributed by atoms with Crippen molar-refractivity contribution in [2.45, 2.75) is 6.54 Å². The van der Waals surface area contributed by atoms with E-state index >= 15 is 0 Å². The van der Waals surface area contributed by atoms with Crippen molar-refractivity contribution in [2.24, 2.45) is 10.2 Å². The fourth-order valence-corrected chi connectivity index (χ4v) is 1.83. The SMILES string of the molecule is IC=Cc1ccc(N=NCc2ccncc2)cc1. The van der Waals surface area contributed by atoms with Gasteiger partial charge in [0.15, 0.2) is 0 Å². The van der Waals surface area contributed by atoms with Gasteiger partial charge in [-0.05, 0) is 45.6 Å². The van der Waals surface area contributed by atoms with Gasteiger partial charge in [-0.15, -0.1) is 0 Å². The lowest BCUT2D eigenvalue weighted by atomic mass is 10.2. The van der Waals surface area contributed by atoms with Crippen LogP contribution in [-0.2, 0) is 6.54 Å². The number of nitrogens with zero attached hydrogens (tertiary/aromatic N) is 3. The van der Waals surface area contributed by atoms with Crippen molar-refractivity contribution >= 4 is 34.4 Å². The van der Waals surface area contributed by atoms with Crippen molar-refractivity contribution < 1.29 is 0 Å². The van der Waals surface area contributed by atoms with Crippen LogP contribution in [0.3, 0.4) is 0 Å². The third-order valence-electron chi connectivity index (χ3n) is 2.34. The zero-order valence-corrected chi connectivity index (χ0v) is 11.9. The molecule has 1 heterocycles. The largest absolute Gasteiger partial charge is 0.265 e. The van der Waals surface area contributed by atoms with E-state index in [4.69, 9.17) is 0 Å². The minimum atomic E-state index is 0.581. The Bertz CT molecular complexity index is 533. The molecule has 0 bridgehead atoms. The minimum absolute atomic E-state index is 0.581. The van der Waals surface area contributed by atoms with Crippen molar-refractivity contribution in [3.8, 4) is 0 Å². The first-order chi connectivity index (χ1) is 8.88. The van der Waals surface area contributed by atoms with E-state index in [2.05, 4.69) is 37.8 Å². The van der Waals surface area contributed by atoms with Crippen LogP contribution >= 0.6 is 22.6 Å². The number of rotatable bonds is 4. The summed E-state index contributed by atoms with van der Waals surface area (Å²) in [6, 6.07) is 11.8. The number of benzene rings is 1. The highest BCUT2D eigenvalue weighted by Crippen LogP contribution is 2.15. The summed E-state index contributed by atoms with van der Waals surface area (Å²) in [4.78, 5) is 3.96. The highest BCUT2D eigenvalue weighted by Gasteiger charge is 1.91. The molecule has 0 unspecified atom stereocenters. The molecule has 4 heteroatoms. The molecule has 0 N–H and O–H groups in total. The Morgan fingerprint density at radius 1 is 1.06 bits per heavy atom. The summed E-state index contributed by atoms with van der Waals surface area (Å²) < 4.78 is 1.98. The normalized spacial score (nSPS) is 11.4. The zero-order chi connectivity index (χ0) is 12.6. The van der Waals surface area contributed by atoms with Gasteiger partial charge in [-0.25, -0.2) is 0 Å². The van der Waals surface area contributed by atoms with Gasteiger partial charge in [-0.1, -0.05) is 34.7 Å². The molecule has 0 atom stereocenters. The van der Waals surface area contributed by atoms with Crippen LogP contribution in [0.2, 0.25) is 0 Å². The second kappa shape index (κ2) is 7.00. The average molecular weight is 349 g/mol. The van der Waals surface area contributed by atoms with Gasteiger partial charge in [0.2, 0.25) is 0 Å². The van der Waals surface area contributed by atoms with Gasteiger partial charge in [-0.3, -0.25) is 4.98 Å². The molecule has 2 aromatic rings. The molecular formula is C14H12IN3. The molecule has 18 heavy (non-hydrogen) atoms. The lowest BCUT2D eigenvalue weighted by molar-refractivity contribution is 0.955. The van der Waals surface area contributed by atoms with Crippen molar-refractivity contribution in [1.82, 2.24) is 4.98 Å². The molecular weight excluding hydrogens is 337 g/mol. The maximum absolute atomic E-state index is 4.18. The molecule has 2 rings (SSSR count). The molecule has 0 aliphatic carbocycles. The van der Waals surface area contributed by atoms with Gasteiger partial charge in [-0.2, -0.15) is 10.2 Å². The smallest absolute Gasteiger partial charge is 0.0854 e. The number of hydrogen-bond acceptors (Lipinski definition) is 3. The Kier molecular flexibility index (Phi) is 5.01. The van der Waals surface area contributed by atoms with Gasteiger partial charge in [0.05, 0.1) is 12.2 Å². The van der Waals surface area contributed by atoms with Crippen molar-refractivity contribution in [3.63, 3.8) is 0 Å². The monoisotopic (exact) mass is 349 g/mol. The number of azo groups is 1. The van der Waals surface area contributed by atoms with E-state index in [0.717, 1.165) is 16.8 Å². The van der Waals surface area contributed by atoms with E-state index in [-0.39, 0.29) is 0 Å². The summed E-state index contributed by atoms with van der Waals surface area (Å²) in [6.07, 6.45) is 5.56. The first kappa shape index (κ1) is 12.9. The summed E-state index contributed by atoms with van der Waals surface area (Å²) in [6.45, 7) is 0.581. The van der Waals surface area contributed by atoms with E-state index < -0.39 is 0 Å². The Labute approximate surface area is 120 Å². The Hall–Kier alpha value is -1.56. The van der Waals surface area contributed by atoms with Crippen LogP contribution in [0.4, 0.5) is 5.69 Å². The highest BCUT2D eigenvalue weighted by atomic mass is 127. The molecule has 0 aliphatic rings. The molecule has 0 saturated heterocycles. The van der Waals surface area contributed by atoms with Gasteiger partial charge in [0.25, 0.3) is 0 Å². The van der Waals surface area contributed by atoms with Crippen molar-refractivity contribution in [2.75, 3.05) is 0 Å². The van der Waals surface area contributed by atoms with Crippen LogP contribution in [0.1, 0.15) is 11.1 Å². The second-order valence-electron chi connectivity index (χ2n) is 3.64. The standard InChI is InChI=1S/C14H12IN3/c15-8-5-12-1-3-14(4-2-12)18-17-11-13-6-9-16-10-7-13/h1-10H,11H2. The zero-order valence-electron chi connectivity index (χ0n) is 9.70. The van der Waals surface area contributed by atoms with E-state index in [1.54, 1.807) is 12.4 Å². The van der Waals surface area contributed by atoms with Gasteiger partial charge >= 0.3 is 0 Å². The number of pyridine rings is 1. The van der Waals surface area contributed by atoms with Crippen LogP contribution in [-0.4, -0.2) is 4.98 Å². The van der Waals surface area contributed by atoms with Crippen LogP contribution < -0.4 is 0 Å². The molecule has 1 aromatic heterocycles. The van der Waals surface area contributed by atoms with Gasteiger partial charge in [0, 0.05) is 12.4 Å². The van der Waals surface area contributed by atoms with Crippen LogP contribution in [0.5, 0.6) is 0 Å². The fourth-order valence-electron chi connectivity index (χ4n) is 1.41. The third-order valence-corrected chi connectivity index (χ3v) is 2.70. The van der Waals surface area contributed by atoms with Crippen molar-refractivity contribution in [3.05, 3.63) is 64.0 Å². The Morgan fingerprint density at radius 2 is 1.78 bits per heavy atom. The van der Waals surface area contributed by atoms with E-state index in [9.17, 15) is 0 Å². The summed E-state index contributed by atoms with van der Waals surface area (Å²) in [5.74, 6) is 0. The fraction of sp³-hybridized carbons (Fsp3) is 0.0714. The number of halogens is 1. The lowest BCUT2D eigenvalue weighted by Gasteiger charge is -1.95. The minimum Gasteiger partial charge on any atom is -0.265 e. The van der Waals surface area contributed by atoms with E-state index in [1.807, 2.05) is 46.6 Å². The maximum Gasteiger partial charge on any atom is 0.0854 e. The maximum atomic E-state index is 4.18. The Morgan fingerprint density at radius 3 is 2.44 bits per heavy atom. The van der Waals surface area contributed by atoms with Crippen molar-refractivity contribution in [1.29, 1.82) is 0 Å². The first-order valence-electron chi connectivity index (χ1n) is 5.52. The summed E-state index contributed by atoms with van der Waals surface area (Å²) >= 11 is 2.20. The molecule has 0 radical (unpaired) electrons. The van der Waals surface area contributed by atoms with Crippen LogP contribution in [0.25, 0.3) is 6.08 Å². The molecule has 3 nitrogen and oxygen atoms in total. The molecule has 90 valence electrons. The topological polar surface area (TPSA) is 37.6 Å². The van der Waals surface area contributed by atoms with E-state index in [1.165, 1.54) is 0 Å². The number of aromatic nitrogens is 1. The van der Waals surface area contributed by atoms with Gasteiger partial charge in [0.1, 0.15) is 0 Å². The highest BCUT2D eigenvalue weighted by molar-refractivity contribution is 14.1. The Balaban J connectivity index is 1.97. The predicted octanol–water partition coefficient (Wildman–Crippen LogP) is 4.77. The van der Waals surface area contributed by atoms with E-state index in [0.29, 0.717) is 6.54 Å². The molecule has 0 aliphatic heterocycles. The summed E-state index contributed by atoms with van der Waals surface area (Å²) in [5.41, 5.74) is 3.14. The second-order valence-corrected chi connectivity index (χ2v) is 4.36. The summed E-state index contributed by atoms with van der Waals surface area (Å²) in [5, 5.41) is 8.35. The molecule has 0 saturated carbocycles. The average Bonchev–Trinajstić information content (AvgIpc) is 2.42.